The molecule has 0 spiro atoms. The molecule has 6 nitrogen and oxygen atoms in total. The van der Waals surface area contributed by atoms with Crippen molar-refractivity contribution >= 4 is 36.8 Å². The minimum atomic E-state index is -0.267. The molecule has 21 heavy (non-hydrogen) atoms. The molecule has 0 unspecified atom stereocenters. The summed E-state index contributed by atoms with van der Waals surface area (Å²) in [6, 6.07) is 7.16. The molecule has 0 bridgehead atoms. The summed E-state index contributed by atoms with van der Waals surface area (Å²) in [7, 11) is 5.77. The Hall–Kier alpha value is -2.70. The van der Waals surface area contributed by atoms with E-state index in [-0.39, 0.29) is 23.2 Å². The lowest BCUT2D eigenvalue weighted by Gasteiger charge is -2.09. The van der Waals surface area contributed by atoms with Crippen LogP contribution in [0.5, 0.6) is 0 Å². The molecule has 0 fully saturated rings. The van der Waals surface area contributed by atoms with Crippen LogP contribution in [0.3, 0.4) is 0 Å². The average molecular weight is 280 g/mol. The van der Waals surface area contributed by atoms with Gasteiger partial charge in [0.2, 0.25) is 11.8 Å². The molecule has 2 radical (unpaired) electrons. The molecule has 2 N–H and O–H groups in total. The lowest BCUT2D eigenvalue weighted by atomic mass is 10.0. The quantitative estimate of drug-likeness (QED) is 0.816. The third kappa shape index (κ3) is 3.88. The van der Waals surface area contributed by atoms with E-state index in [9.17, 15) is 9.59 Å². The number of rotatable bonds is 3. The summed E-state index contributed by atoms with van der Waals surface area (Å²) in [5.41, 5.74) is 2.10. The first-order chi connectivity index (χ1) is 9.95. The third-order valence-corrected chi connectivity index (χ3v) is 2.57. The van der Waals surface area contributed by atoms with Crippen molar-refractivity contribution in [1.29, 1.82) is 0 Å². The number of benzene rings is 1. The van der Waals surface area contributed by atoms with Crippen LogP contribution < -0.4 is 16.2 Å². The monoisotopic (exact) mass is 280 g/mol. The second kappa shape index (κ2) is 6.17. The molecule has 1 aromatic heterocycles. The molecule has 0 saturated carbocycles. The fourth-order valence-electron chi connectivity index (χ4n) is 1.77. The van der Waals surface area contributed by atoms with Crippen molar-refractivity contribution in [2.75, 3.05) is 10.6 Å². The van der Waals surface area contributed by atoms with E-state index >= 15 is 0 Å². The topological polar surface area (TPSA) is 84.0 Å². The van der Waals surface area contributed by atoms with Gasteiger partial charge in [0.15, 0.2) is 0 Å². The number of hydrogen-bond acceptors (Lipinski definition) is 4. The minimum Gasteiger partial charge on any atom is -0.326 e. The van der Waals surface area contributed by atoms with Crippen molar-refractivity contribution in [3.05, 3.63) is 30.5 Å². The van der Waals surface area contributed by atoms with Crippen LogP contribution in [0.15, 0.2) is 30.5 Å². The van der Waals surface area contributed by atoms with E-state index in [0.29, 0.717) is 11.4 Å². The van der Waals surface area contributed by atoms with Gasteiger partial charge in [-0.3, -0.25) is 14.6 Å². The Morgan fingerprint density at radius 2 is 1.86 bits per heavy atom. The number of carbonyl (C=O) groups is 2. The van der Waals surface area contributed by atoms with Crippen molar-refractivity contribution in [2.45, 2.75) is 13.8 Å². The van der Waals surface area contributed by atoms with Crippen molar-refractivity contribution in [3.8, 4) is 11.3 Å². The maximum absolute atomic E-state index is 11.1. The summed E-state index contributed by atoms with van der Waals surface area (Å²) in [4.78, 5) is 30.3. The first-order valence-electron chi connectivity index (χ1n) is 6.24. The number of amides is 2. The van der Waals surface area contributed by atoms with E-state index in [1.54, 1.807) is 18.2 Å². The summed E-state index contributed by atoms with van der Waals surface area (Å²) in [5, 5.41) is 5.19. The van der Waals surface area contributed by atoms with Gasteiger partial charge in [0, 0.05) is 30.7 Å². The highest BCUT2D eigenvalue weighted by Crippen LogP contribution is 2.20. The van der Waals surface area contributed by atoms with Gasteiger partial charge < -0.3 is 10.6 Å². The van der Waals surface area contributed by atoms with Crippen molar-refractivity contribution < 1.29 is 9.59 Å². The molecule has 1 heterocycles. The highest BCUT2D eigenvalue weighted by Gasteiger charge is 2.07. The van der Waals surface area contributed by atoms with Crippen LogP contribution in [0.4, 0.5) is 11.5 Å². The van der Waals surface area contributed by atoms with Gasteiger partial charge in [0.1, 0.15) is 13.7 Å². The lowest BCUT2D eigenvalue weighted by Crippen LogP contribution is -2.21. The largest absolute Gasteiger partial charge is 0.326 e. The van der Waals surface area contributed by atoms with Gasteiger partial charge in [0.05, 0.1) is 11.9 Å². The summed E-state index contributed by atoms with van der Waals surface area (Å²) in [6.45, 7) is 2.80. The number of nitrogens with one attached hydrogen (secondary N) is 2. The first kappa shape index (κ1) is 14.7. The molecule has 0 atom stereocenters. The Morgan fingerprint density at radius 1 is 1.14 bits per heavy atom. The summed E-state index contributed by atoms with van der Waals surface area (Å²) in [5.74, 6) is -0.195. The first-order valence-corrected chi connectivity index (χ1v) is 6.24. The molecule has 0 aliphatic carbocycles. The molecule has 2 amide bonds. The normalized spacial score (nSPS) is 10.0. The Kier molecular flexibility index (Phi) is 4.32. The fourth-order valence-corrected chi connectivity index (χ4v) is 1.77. The maximum atomic E-state index is 11.1. The van der Waals surface area contributed by atoms with E-state index in [1.807, 2.05) is 6.07 Å². The molecule has 2 rings (SSSR count). The van der Waals surface area contributed by atoms with Crippen LogP contribution in [-0.2, 0) is 9.59 Å². The third-order valence-electron chi connectivity index (χ3n) is 2.57. The predicted octanol–water partition coefficient (Wildman–Crippen LogP) is 0.854. The van der Waals surface area contributed by atoms with E-state index in [4.69, 9.17) is 7.85 Å². The van der Waals surface area contributed by atoms with Crippen LogP contribution in [0.1, 0.15) is 13.8 Å². The number of aromatic nitrogens is 2. The Morgan fingerprint density at radius 3 is 2.48 bits per heavy atom. The van der Waals surface area contributed by atoms with Crippen LogP contribution in [-0.4, -0.2) is 29.6 Å². The number of nitrogens with zero attached hydrogens (tertiary/aromatic N) is 2. The number of carbonyl (C=O) groups excluding carboxylic acids is 2. The van der Waals surface area contributed by atoms with Crippen molar-refractivity contribution in [3.63, 3.8) is 0 Å². The highest BCUT2D eigenvalue weighted by molar-refractivity contribution is 6.34. The van der Waals surface area contributed by atoms with Gasteiger partial charge >= 0.3 is 0 Å². The average Bonchev–Trinajstić information content (AvgIpc) is 2.40. The Balaban J connectivity index is 2.32. The Labute approximate surface area is 123 Å². The van der Waals surface area contributed by atoms with Gasteiger partial charge in [-0.2, -0.15) is 0 Å². The minimum absolute atomic E-state index is 0.132. The molecular formula is C14H13BN4O2. The van der Waals surface area contributed by atoms with Gasteiger partial charge in [0.25, 0.3) is 0 Å². The van der Waals surface area contributed by atoms with Gasteiger partial charge in [-0.05, 0) is 12.1 Å². The number of anilines is 2. The van der Waals surface area contributed by atoms with Crippen molar-refractivity contribution in [2.24, 2.45) is 0 Å². The predicted molar refractivity (Wildman–Crippen MR) is 81.5 cm³/mol. The summed E-state index contributed by atoms with van der Waals surface area (Å²) in [6.07, 6.45) is 1.51. The highest BCUT2D eigenvalue weighted by atomic mass is 16.2. The van der Waals surface area contributed by atoms with E-state index in [1.165, 1.54) is 20.0 Å². The summed E-state index contributed by atoms with van der Waals surface area (Å²) < 4.78 is 0. The SMILES string of the molecule is [B]c1nc(-c2cccc(NC(C)=O)c2)cnc1NC(C)=O. The van der Waals surface area contributed by atoms with Crippen LogP contribution in [0, 0.1) is 0 Å². The zero-order valence-corrected chi connectivity index (χ0v) is 11.7. The second-order valence-electron chi connectivity index (χ2n) is 4.43. The molecule has 0 aliphatic rings. The molecule has 0 aliphatic heterocycles. The summed E-state index contributed by atoms with van der Waals surface area (Å²) >= 11 is 0. The van der Waals surface area contributed by atoms with Crippen LogP contribution >= 0.6 is 0 Å². The fraction of sp³-hybridized carbons (Fsp3) is 0.143. The lowest BCUT2D eigenvalue weighted by molar-refractivity contribution is -0.115. The smallest absolute Gasteiger partial charge is 0.222 e. The van der Waals surface area contributed by atoms with Gasteiger partial charge in [-0.15, -0.1) is 0 Å². The second-order valence-corrected chi connectivity index (χ2v) is 4.43. The molecule has 2 aromatic rings. The Bertz CT molecular complexity index is 703. The molecular weight excluding hydrogens is 267 g/mol. The van der Waals surface area contributed by atoms with E-state index in [2.05, 4.69) is 20.6 Å². The maximum Gasteiger partial charge on any atom is 0.222 e. The zero-order chi connectivity index (χ0) is 15.4. The van der Waals surface area contributed by atoms with Gasteiger partial charge in [-0.25, -0.2) is 4.98 Å². The zero-order valence-electron chi connectivity index (χ0n) is 11.7. The molecule has 7 heteroatoms. The van der Waals surface area contributed by atoms with Gasteiger partial charge in [-0.1, -0.05) is 12.1 Å². The number of hydrogen-bond donors (Lipinski definition) is 2. The standard InChI is InChI=1S/C14H13BN4O2/c1-8(20)17-11-5-3-4-10(6-11)12-7-16-14(13(15)19-12)18-9(2)21/h3-7H,1-2H3,(H,17,20)(H,16,18,21). The molecule has 0 saturated heterocycles. The van der Waals surface area contributed by atoms with E-state index in [0.717, 1.165) is 5.56 Å². The molecule has 104 valence electrons. The van der Waals surface area contributed by atoms with Crippen LogP contribution in [0.2, 0.25) is 0 Å². The van der Waals surface area contributed by atoms with Crippen molar-refractivity contribution in [1.82, 2.24) is 9.97 Å². The van der Waals surface area contributed by atoms with Crippen LogP contribution in [0.25, 0.3) is 11.3 Å². The van der Waals surface area contributed by atoms with E-state index < -0.39 is 0 Å². The molecule has 1 aromatic carbocycles.